The highest BCUT2D eigenvalue weighted by Gasteiger charge is 2.64. The fourth-order valence-corrected chi connectivity index (χ4v) is 6.30. The summed E-state index contributed by atoms with van der Waals surface area (Å²) in [5.41, 5.74) is 3.99. The summed E-state index contributed by atoms with van der Waals surface area (Å²) in [5, 5.41) is 36.2. The van der Waals surface area contributed by atoms with E-state index in [2.05, 4.69) is 22.4 Å². The van der Waals surface area contributed by atoms with Crippen LogP contribution < -0.4 is 10.6 Å². The molecule has 0 bridgehead atoms. The molecule has 0 aromatic heterocycles. The predicted octanol–water partition coefficient (Wildman–Crippen LogP) is 0.444. The predicted molar refractivity (Wildman–Crippen MR) is 140 cm³/mol. The lowest BCUT2D eigenvalue weighted by atomic mass is 9.56. The van der Waals surface area contributed by atoms with Crippen LogP contribution in [0.3, 0.4) is 0 Å². The van der Waals surface area contributed by atoms with E-state index in [1.54, 1.807) is 51.0 Å². The van der Waals surface area contributed by atoms with Gasteiger partial charge in [0.2, 0.25) is 11.6 Å². The standard InChI is InChI=1S/C25H28N4O6S.H2O/c1-10-16(24(26)34)22(32)25(35)13(19(10)29(4)5)7-11-6-12-15(28(2)3)8-14(27-9-36)20(30)18(12)21(31)17(11)23(25)33;/h8,11,13,19,30-31,35H,6-7H2,1-5H3,(H2,26,34);1H2/t11-,13-,19+,25+;/m0./s1. The summed E-state index contributed by atoms with van der Waals surface area (Å²) in [4.78, 5) is 47.0. The summed E-state index contributed by atoms with van der Waals surface area (Å²) in [6.45, 7) is 1.60. The quantitative estimate of drug-likeness (QED) is 0.185. The maximum atomic E-state index is 13.9. The van der Waals surface area contributed by atoms with Crippen molar-refractivity contribution in [2.24, 2.45) is 22.6 Å². The molecule has 0 aliphatic heterocycles. The Balaban J connectivity index is 0.00000380. The van der Waals surface area contributed by atoms with Gasteiger partial charge in [-0.05, 0) is 69.2 Å². The second-order valence-electron chi connectivity index (χ2n) is 9.98. The van der Waals surface area contributed by atoms with E-state index >= 15 is 0 Å². The Morgan fingerprint density at radius 1 is 1.22 bits per heavy atom. The SMILES string of the molecule is CC1=C(C(N)=O)C(=O)[C@@]2(O)C(=O)C3=C(O)c4c(O)c(N=C=S)cc(N(C)C)c4C[C@H]3C[C@H]2[C@@H]1N(C)C.O. The molecule has 0 radical (unpaired) electrons. The van der Waals surface area contributed by atoms with Crippen molar-refractivity contribution in [3.63, 3.8) is 0 Å². The van der Waals surface area contributed by atoms with Crippen LogP contribution in [0.1, 0.15) is 24.5 Å². The number of Topliss-reactive ketones (excluding diaryl/α,β-unsaturated/α-hetero) is 2. The highest BCUT2D eigenvalue weighted by molar-refractivity contribution is 7.78. The number of isothiocyanates is 1. The Kier molecular flexibility index (Phi) is 7.21. The number of hydrogen-bond acceptors (Lipinski definition) is 10. The van der Waals surface area contributed by atoms with Crippen LogP contribution in [0.25, 0.3) is 5.76 Å². The third-order valence-electron chi connectivity index (χ3n) is 7.62. The van der Waals surface area contributed by atoms with E-state index in [4.69, 9.17) is 5.73 Å². The number of likely N-dealkylation sites (N-methyl/N-ethyl adjacent to an activating group) is 1. The second kappa shape index (κ2) is 9.47. The first-order chi connectivity index (χ1) is 16.8. The van der Waals surface area contributed by atoms with Crippen LogP contribution in [0.15, 0.2) is 27.8 Å². The number of fused-ring (bicyclic) bond motifs is 3. The number of aliphatic hydroxyl groups excluding tert-OH is 1. The van der Waals surface area contributed by atoms with Crippen molar-refractivity contribution in [1.82, 2.24) is 4.90 Å². The van der Waals surface area contributed by atoms with Crippen molar-refractivity contribution >= 4 is 52.0 Å². The summed E-state index contributed by atoms with van der Waals surface area (Å²) < 4.78 is 0. The number of thiocarbonyl (C=S) groups is 1. The molecule has 0 heterocycles. The molecule has 4 atom stereocenters. The number of amides is 1. The van der Waals surface area contributed by atoms with E-state index < -0.39 is 58.0 Å². The van der Waals surface area contributed by atoms with E-state index in [0.717, 1.165) is 0 Å². The molecule has 3 aliphatic carbocycles. The molecule has 4 rings (SSSR count). The van der Waals surface area contributed by atoms with Gasteiger partial charge in [0.05, 0.1) is 16.3 Å². The van der Waals surface area contributed by atoms with E-state index in [9.17, 15) is 29.7 Å². The third kappa shape index (κ3) is 3.80. The van der Waals surface area contributed by atoms with E-state index in [1.165, 1.54) is 0 Å². The lowest BCUT2D eigenvalue weighted by Gasteiger charge is -2.51. The monoisotopic (exact) mass is 530 g/mol. The normalized spacial score (nSPS) is 26.6. The molecule has 0 saturated heterocycles. The number of primary amides is 1. The Labute approximate surface area is 218 Å². The Bertz CT molecular complexity index is 1340. The summed E-state index contributed by atoms with van der Waals surface area (Å²) in [6.07, 6.45) is 0.433. The van der Waals surface area contributed by atoms with Crippen LogP contribution >= 0.6 is 12.2 Å². The minimum Gasteiger partial charge on any atom is -0.507 e. The largest absolute Gasteiger partial charge is 0.507 e. The molecule has 1 saturated carbocycles. The molecular formula is C25H30N4O7S. The van der Waals surface area contributed by atoms with Gasteiger partial charge in [0, 0.05) is 37.3 Å². The van der Waals surface area contributed by atoms with E-state index in [0.29, 0.717) is 16.8 Å². The fraction of sp³-hybridized carbons (Fsp3) is 0.440. The van der Waals surface area contributed by atoms with Gasteiger partial charge >= 0.3 is 0 Å². The summed E-state index contributed by atoms with van der Waals surface area (Å²) in [6, 6.07) is 0.996. The number of hydrogen-bond donors (Lipinski definition) is 4. The summed E-state index contributed by atoms with van der Waals surface area (Å²) in [7, 11) is 7.04. The number of rotatable bonds is 4. The molecule has 0 unspecified atom stereocenters. The van der Waals surface area contributed by atoms with Crippen molar-refractivity contribution < 1.29 is 35.2 Å². The molecule has 11 nitrogen and oxygen atoms in total. The molecule has 1 fully saturated rings. The number of phenolic OH excluding ortho intramolecular Hbond substituents is 1. The van der Waals surface area contributed by atoms with E-state index in [-0.39, 0.29) is 35.1 Å². The molecule has 12 heteroatoms. The van der Waals surface area contributed by atoms with Crippen LogP contribution in [-0.2, 0) is 20.8 Å². The van der Waals surface area contributed by atoms with Gasteiger partial charge in [-0.15, -0.1) is 0 Å². The highest BCUT2D eigenvalue weighted by atomic mass is 32.1. The minimum absolute atomic E-state index is 0. The van der Waals surface area contributed by atoms with Crippen LogP contribution in [0.5, 0.6) is 5.75 Å². The molecule has 3 aliphatic rings. The minimum atomic E-state index is -2.60. The van der Waals surface area contributed by atoms with Gasteiger partial charge < -0.3 is 36.3 Å². The van der Waals surface area contributed by atoms with Gasteiger partial charge in [0.1, 0.15) is 11.4 Å². The number of ketones is 2. The smallest absolute Gasteiger partial charge is 0.252 e. The highest BCUT2D eigenvalue weighted by Crippen LogP contribution is 2.54. The molecule has 1 aromatic carbocycles. The number of carbonyl (C=O) groups excluding carboxylic acids is 3. The molecule has 37 heavy (non-hydrogen) atoms. The molecule has 1 aromatic rings. The van der Waals surface area contributed by atoms with Gasteiger partial charge in [-0.1, -0.05) is 0 Å². The molecule has 198 valence electrons. The number of aromatic hydroxyl groups is 1. The first-order valence-corrected chi connectivity index (χ1v) is 11.8. The first kappa shape index (κ1) is 28.2. The van der Waals surface area contributed by atoms with Crippen molar-refractivity contribution in [1.29, 1.82) is 0 Å². The number of anilines is 1. The third-order valence-corrected chi connectivity index (χ3v) is 7.71. The van der Waals surface area contributed by atoms with Gasteiger partial charge in [0.15, 0.2) is 11.4 Å². The Hall–Kier alpha value is -3.41. The first-order valence-electron chi connectivity index (χ1n) is 11.3. The maximum absolute atomic E-state index is 13.9. The van der Waals surface area contributed by atoms with Gasteiger partial charge in [0.25, 0.3) is 5.91 Å². The number of carbonyl (C=O) groups is 3. The van der Waals surface area contributed by atoms with Crippen LogP contribution in [0.2, 0.25) is 0 Å². The zero-order valence-corrected chi connectivity index (χ0v) is 21.9. The average molecular weight is 531 g/mol. The zero-order valence-electron chi connectivity index (χ0n) is 21.1. The summed E-state index contributed by atoms with van der Waals surface area (Å²) >= 11 is 4.68. The molecular weight excluding hydrogens is 500 g/mol. The molecule has 1 amide bonds. The maximum Gasteiger partial charge on any atom is 0.252 e. The van der Waals surface area contributed by atoms with Crippen molar-refractivity contribution in [2.75, 3.05) is 33.1 Å². The molecule has 0 spiro atoms. The van der Waals surface area contributed by atoms with Crippen molar-refractivity contribution in [2.45, 2.75) is 31.4 Å². The zero-order chi connectivity index (χ0) is 26.9. The van der Waals surface area contributed by atoms with Crippen LogP contribution in [-0.4, -0.2) is 88.2 Å². The fourth-order valence-electron chi connectivity index (χ4n) is 6.20. The lowest BCUT2D eigenvalue weighted by molar-refractivity contribution is -0.160. The van der Waals surface area contributed by atoms with Crippen LogP contribution in [0, 0.1) is 11.8 Å². The number of nitrogens with two attached hydrogens (primary N) is 1. The second-order valence-corrected chi connectivity index (χ2v) is 10.2. The number of aliphatic hydroxyl groups is 2. The van der Waals surface area contributed by atoms with Gasteiger partial charge in [-0.3, -0.25) is 14.4 Å². The summed E-state index contributed by atoms with van der Waals surface area (Å²) in [5.74, 6) is -5.46. The van der Waals surface area contributed by atoms with Gasteiger partial charge in [-0.2, -0.15) is 4.99 Å². The number of aliphatic imine (C=N–C) groups is 1. The Morgan fingerprint density at radius 2 is 1.84 bits per heavy atom. The average Bonchev–Trinajstić information content (AvgIpc) is 2.77. The van der Waals surface area contributed by atoms with Crippen molar-refractivity contribution in [3.05, 3.63) is 33.9 Å². The Morgan fingerprint density at radius 3 is 2.35 bits per heavy atom. The number of nitrogens with zero attached hydrogens (tertiary/aromatic N) is 3. The van der Waals surface area contributed by atoms with E-state index in [1.807, 2.05) is 0 Å². The molecule has 7 N–H and O–H groups in total. The topological polar surface area (TPSA) is 188 Å². The van der Waals surface area contributed by atoms with Crippen LogP contribution in [0.4, 0.5) is 11.4 Å². The lowest BCUT2D eigenvalue weighted by Crippen LogP contribution is -2.66. The van der Waals surface area contributed by atoms with Crippen molar-refractivity contribution in [3.8, 4) is 5.75 Å². The van der Waals surface area contributed by atoms with Gasteiger partial charge in [-0.25, -0.2) is 0 Å². The number of phenols is 1. The number of benzene rings is 1.